The van der Waals surface area contributed by atoms with Gasteiger partial charge in [0.05, 0.1) is 6.10 Å². The molecular weight excluding hydrogens is 354 g/mol. The fourth-order valence-electron chi connectivity index (χ4n) is 3.40. The Bertz CT molecular complexity index is 610. The van der Waals surface area contributed by atoms with Gasteiger partial charge in [-0.2, -0.15) is 0 Å². The zero-order valence-electron chi connectivity index (χ0n) is 17.4. The summed E-state index contributed by atoms with van der Waals surface area (Å²) in [5.41, 5.74) is 1.22. The zero-order valence-corrected chi connectivity index (χ0v) is 17.4. The lowest BCUT2D eigenvalue weighted by Gasteiger charge is -2.15. The molecule has 1 aliphatic rings. The van der Waals surface area contributed by atoms with Crippen LogP contribution in [-0.4, -0.2) is 36.7 Å². The molecule has 2 rings (SSSR count). The summed E-state index contributed by atoms with van der Waals surface area (Å²) in [7, 11) is 0. The highest BCUT2D eigenvalue weighted by Crippen LogP contribution is 2.17. The number of benzene rings is 1. The first kappa shape index (κ1) is 22.1. The molecule has 1 aromatic rings. The number of ether oxygens (including phenoxy) is 1. The first-order valence-corrected chi connectivity index (χ1v) is 10.5. The maximum absolute atomic E-state index is 12.0. The van der Waals surface area contributed by atoms with Crippen molar-refractivity contribution in [2.75, 3.05) is 6.54 Å². The van der Waals surface area contributed by atoms with Crippen LogP contribution in [0, 0.1) is 0 Å². The fourth-order valence-corrected chi connectivity index (χ4v) is 3.40. The molecule has 0 spiro atoms. The van der Waals surface area contributed by atoms with Crippen LogP contribution in [0.25, 0.3) is 0 Å². The Morgan fingerprint density at radius 3 is 2.43 bits per heavy atom. The van der Waals surface area contributed by atoms with Crippen molar-refractivity contribution in [2.45, 2.75) is 83.9 Å². The highest BCUT2D eigenvalue weighted by atomic mass is 16.5. The minimum Gasteiger partial charge on any atom is -0.491 e. The predicted molar refractivity (Wildman–Crippen MR) is 112 cm³/mol. The van der Waals surface area contributed by atoms with Gasteiger partial charge in [-0.05, 0) is 64.2 Å². The number of urea groups is 1. The van der Waals surface area contributed by atoms with Crippen molar-refractivity contribution in [3.8, 4) is 5.75 Å². The second-order valence-corrected chi connectivity index (χ2v) is 7.95. The van der Waals surface area contributed by atoms with Gasteiger partial charge in [-0.15, -0.1) is 0 Å². The summed E-state index contributed by atoms with van der Waals surface area (Å²) in [5.74, 6) is 0.895. The van der Waals surface area contributed by atoms with Crippen LogP contribution < -0.4 is 20.7 Å². The molecule has 1 aromatic carbocycles. The van der Waals surface area contributed by atoms with Gasteiger partial charge in [0.1, 0.15) is 5.75 Å². The van der Waals surface area contributed by atoms with Gasteiger partial charge in [-0.3, -0.25) is 4.79 Å². The topological polar surface area (TPSA) is 79.5 Å². The van der Waals surface area contributed by atoms with Gasteiger partial charge in [-0.25, -0.2) is 4.79 Å². The summed E-state index contributed by atoms with van der Waals surface area (Å²) >= 11 is 0. The molecule has 0 saturated heterocycles. The average Bonchev–Trinajstić information content (AvgIpc) is 3.13. The van der Waals surface area contributed by atoms with Crippen LogP contribution in [0.1, 0.15) is 64.9 Å². The summed E-state index contributed by atoms with van der Waals surface area (Å²) in [6.07, 6.45) is 6.76. The number of carbonyl (C=O) groups is 2. The van der Waals surface area contributed by atoms with Crippen molar-refractivity contribution in [2.24, 2.45) is 0 Å². The molecule has 1 atom stereocenters. The summed E-state index contributed by atoms with van der Waals surface area (Å²) in [4.78, 5) is 23.8. The van der Waals surface area contributed by atoms with Crippen LogP contribution in [-0.2, 0) is 11.2 Å². The molecule has 1 aliphatic carbocycles. The Morgan fingerprint density at radius 1 is 1.11 bits per heavy atom. The van der Waals surface area contributed by atoms with E-state index in [-0.39, 0.29) is 24.1 Å². The Labute approximate surface area is 168 Å². The number of aryl methyl sites for hydroxylation is 1. The molecular formula is C22H35N3O3. The number of amides is 3. The summed E-state index contributed by atoms with van der Waals surface area (Å²) in [5, 5.41) is 8.72. The molecule has 6 heteroatoms. The number of nitrogens with one attached hydrogen (secondary N) is 3. The van der Waals surface area contributed by atoms with Gasteiger partial charge >= 0.3 is 6.03 Å². The van der Waals surface area contributed by atoms with E-state index in [1.807, 2.05) is 32.9 Å². The highest BCUT2D eigenvalue weighted by Gasteiger charge is 2.17. The molecule has 1 unspecified atom stereocenters. The smallest absolute Gasteiger partial charge is 0.315 e. The van der Waals surface area contributed by atoms with Crippen molar-refractivity contribution in [1.29, 1.82) is 0 Å². The second kappa shape index (κ2) is 11.6. The highest BCUT2D eigenvalue weighted by molar-refractivity contribution is 5.78. The second-order valence-electron chi connectivity index (χ2n) is 7.95. The maximum atomic E-state index is 12.0. The number of carbonyl (C=O) groups excluding carboxylic acids is 2. The zero-order chi connectivity index (χ0) is 20.4. The first-order valence-electron chi connectivity index (χ1n) is 10.5. The van der Waals surface area contributed by atoms with Crippen LogP contribution in [0.15, 0.2) is 24.3 Å². The third kappa shape index (κ3) is 8.63. The van der Waals surface area contributed by atoms with Crippen LogP contribution in [0.4, 0.5) is 4.79 Å². The van der Waals surface area contributed by atoms with E-state index in [0.29, 0.717) is 19.0 Å². The first-order chi connectivity index (χ1) is 13.4. The summed E-state index contributed by atoms with van der Waals surface area (Å²) < 4.78 is 5.64. The van der Waals surface area contributed by atoms with Crippen molar-refractivity contribution in [1.82, 2.24) is 16.0 Å². The van der Waals surface area contributed by atoms with Crippen LogP contribution in [0.3, 0.4) is 0 Å². The third-order valence-electron chi connectivity index (χ3n) is 4.90. The van der Waals surface area contributed by atoms with Gasteiger partial charge in [0.25, 0.3) is 0 Å². The monoisotopic (exact) mass is 389 g/mol. The number of rotatable bonds is 10. The molecule has 28 heavy (non-hydrogen) atoms. The Kier molecular flexibility index (Phi) is 9.11. The van der Waals surface area contributed by atoms with E-state index in [1.165, 1.54) is 18.4 Å². The Balaban J connectivity index is 1.58. The average molecular weight is 390 g/mol. The minimum absolute atomic E-state index is 0.0186. The predicted octanol–water partition coefficient (Wildman–Crippen LogP) is 3.54. The van der Waals surface area contributed by atoms with Crippen LogP contribution in [0.5, 0.6) is 5.75 Å². The summed E-state index contributed by atoms with van der Waals surface area (Å²) in [6.45, 7) is 6.36. The van der Waals surface area contributed by atoms with Gasteiger partial charge in [-0.1, -0.05) is 25.0 Å². The maximum Gasteiger partial charge on any atom is 0.315 e. The van der Waals surface area contributed by atoms with E-state index in [2.05, 4.69) is 28.1 Å². The Morgan fingerprint density at radius 2 is 1.79 bits per heavy atom. The lowest BCUT2D eigenvalue weighted by molar-refractivity contribution is -0.121. The molecule has 3 amide bonds. The van der Waals surface area contributed by atoms with E-state index in [0.717, 1.165) is 31.4 Å². The lowest BCUT2D eigenvalue weighted by Crippen LogP contribution is -2.42. The molecule has 0 aliphatic heterocycles. The van der Waals surface area contributed by atoms with E-state index < -0.39 is 0 Å². The number of hydrogen-bond donors (Lipinski definition) is 3. The normalized spacial score (nSPS) is 15.3. The van der Waals surface area contributed by atoms with Gasteiger partial charge in [0.2, 0.25) is 5.91 Å². The SMILES string of the molecule is CC(CCc1ccc(OC(C)C)cc1)NC(=O)NCCC(=O)NC1CCCC1. The standard InChI is InChI=1S/C22H35N3O3/c1-16(2)28-20-12-10-18(11-13-20)9-8-17(3)24-22(27)23-15-14-21(26)25-19-6-4-5-7-19/h10-13,16-17,19H,4-9,14-15H2,1-3H3,(H,25,26)(H2,23,24,27). The largest absolute Gasteiger partial charge is 0.491 e. The van der Waals surface area contributed by atoms with E-state index in [1.54, 1.807) is 0 Å². The molecule has 0 radical (unpaired) electrons. The molecule has 6 nitrogen and oxygen atoms in total. The molecule has 3 N–H and O–H groups in total. The van der Waals surface area contributed by atoms with Crippen molar-refractivity contribution < 1.29 is 14.3 Å². The van der Waals surface area contributed by atoms with Crippen LogP contribution in [0.2, 0.25) is 0 Å². The minimum atomic E-state index is -0.221. The van der Waals surface area contributed by atoms with Gasteiger partial charge in [0.15, 0.2) is 0 Å². The summed E-state index contributed by atoms with van der Waals surface area (Å²) in [6, 6.07) is 8.25. The molecule has 0 aromatic heterocycles. The van der Waals surface area contributed by atoms with E-state index >= 15 is 0 Å². The van der Waals surface area contributed by atoms with Gasteiger partial charge in [0, 0.05) is 25.0 Å². The Hall–Kier alpha value is -2.24. The van der Waals surface area contributed by atoms with E-state index in [4.69, 9.17) is 4.74 Å². The molecule has 0 heterocycles. The quantitative estimate of drug-likeness (QED) is 0.573. The molecule has 156 valence electrons. The van der Waals surface area contributed by atoms with Crippen LogP contribution >= 0.6 is 0 Å². The molecule has 0 bridgehead atoms. The molecule has 1 fully saturated rings. The van der Waals surface area contributed by atoms with Crippen molar-refractivity contribution >= 4 is 11.9 Å². The molecule has 1 saturated carbocycles. The van der Waals surface area contributed by atoms with Crippen molar-refractivity contribution in [3.63, 3.8) is 0 Å². The van der Waals surface area contributed by atoms with Gasteiger partial charge < -0.3 is 20.7 Å². The number of hydrogen-bond acceptors (Lipinski definition) is 3. The lowest BCUT2D eigenvalue weighted by atomic mass is 10.1. The fraction of sp³-hybridized carbons (Fsp3) is 0.636. The van der Waals surface area contributed by atoms with E-state index in [9.17, 15) is 9.59 Å². The van der Waals surface area contributed by atoms with Crippen molar-refractivity contribution in [3.05, 3.63) is 29.8 Å². The third-order valence-corrected chi connectivity index (χ3v) is 4.90.